The number of halogens is 1. The molecule has 1 aromatic carbocycles. The topological polar surface area (TPSA) is 41.1 Å². The normalized spacial score (nSPS) is 18.2. The Labute approximate surface area is 155 Å². The second-order valence-corrected chi connectivity index (χ2v) is 7.59. The first-order valence-electron chi connectivity index (χ1n) is 9.63. The van der Waals surface area contributed by atoms with Gasteiger partial charge in [0.1, 0.15) is 5.82 Å². The van der Waals surface area contributed by atoms with E-state index in [9.17, 15) is 4.39 Å². The summed E-state index contributed by atoms with van der Waals surface area (Å²) in [5.41, 5.74) is 1.99. The molecule has 1 unspecified atom stereocenters. The lowest BCUT2D eigenvalue weighted by molar-refractivity contribution is 0.161. The van der Waals surface area contributed by atoms with Crippen LogP contribution >= 0.6 is 0 Å². The average molecular weight is 356 g/mol. The van der Waals surface area contributed by atoms with E-state index in [1.54, 1.807) is 12.1 Å². The Bertz CT molecular complexity index is 687. The van der Waals surface area contributed by atoms with E-state index >= 15 is 0 Å². The summed E-state index contributed by atoms with van der Waals surface area (Å²) in [6, 6.07) is 7.47. The SMILES string of the molecule is CC(C)Nc1ncc(CN2CCCC(CCc3ccccc3F)C2)cn1. The molecule has 1 fully saturated rings. The maximum atomic E-state index is 13.8. The van der Waals surface area contributed by atoms with Gasteiger partial charge < -0.3 is 5.32 Å². The molecule has 26 heavy (non-hydrogen) atoms. The highest BCUT2D eigenvalue weighted by Gasteiger charge is 2.20. The van der Waals surface area contributed by atoms with Gasteiger partial charge in [0.05, 0.1) is 0 Å². The Balaban J connectivity index is 1.49. The van der Waals surface area contributed by atoms with Crippen LogP contribution in [0.2, 0.25) is 0 Å². The second kappa shape index (κ2) is 9.08. The van der Waals surface area contributed by atoms with Gasteiger partial charge in [-0.05, 0) is 63.6 Å². The zero-order valence-corrected chi connectivity index (χ0v) is 15.8. The fourth-order valence-electron chi connectivity index (χ4n) is 3.62. The van der Waals surface area contributed by atoms with Crippen LogP contribution in [0.3, 0.4) is 0 Å². The van der Waals surface area contributed by atoms with Crippen molar-refractivity contribution in [3.8, 4) is 0 Å². The third-order valence-electron chi connectivity index (χ3n) is 4.91. The number of hydrogen-bond donors (Lipinski definition) is 1. The highest BCUT2D eigenvalue weighted by molar-refractivity contribution is 5.25. The van der Waals surface area contributed by atoms with Crippen molar-refractivity contribution in [2.24, 2.45) is 5.92 Å². The number of nitrogens with zero attached hydrogens (tertiary/aromatic N) is 3. The minimum atomic E-state index is -0.0765. The van der Waals surface area contributed by atoms with Crippen molar-refractivity contribution >= 4 is 5.95 Å². The van der Waals surface area contributed by atoms with Gasteiger partial charge in [0.2, 0.25) is 5.95 Å². The maximum absolute atomic E-state index is 13.8. The quantitative estimate of drug-likeness (QED) is 0.804. The number of benzene rings is 1. The molecule has 1 aromatic heterocycles. The summed E-state index contributed by atoms with van der Waals surface area (Å²) in [5, 5.41) is 3.21. The van der Waals surface area contributed by atoms with Crippen LogP contribution < -0.4 is 5.32 Å². The van der Waals surface area contributed by atoms with E-state index in [-0.39, 0.29) is 5.82 Å². The van der Waals surface area contributed by atoms with Gasteiger partial charge in [0.25, 0.3) is 0 Å². The Morgan fingerprint density at radius 2 is 2.00 bits per heavy atom. The maximum Gasteiger partial charge on any atom is 0.222 e. The molecule has 2 aromatic rings. The first-order valence-corrected chi connectivity index (χ1v) is 9.63. The Morgan fingerprint density at radius 1 is 1.23 bits per heavy atom. The van der Waals surface area contributed by atoms with Crippen LogP contribution in [0.1, 0.15) is 44.2 Å². The van der Waals surface area contributed by atoms with Crippen LogP contribution in [0.25, 0.3) is 0 Å². The molecule has 0 aliphatic carbocycles. The van der Waals surface area contributed by atoms with Gasteiger partial charge in [-0.2, -0.15) is 0 Å². The molecular weight excluding hydrogens is 327 g/mol. The number of anilines is 1. The standard InChI is InChI=1S/C21H29FN4/c1-16(2)25-21-23-12-18(13-24-21)15-26-11-5-6-17(14-26)9-10-19-7-3-4-8-20(19)22/h3-4,7-8,12-13,16-17H,5-6,9-11,14-15H2,1-2H3,(H,23,24,25). The first-order chi connectivity index (χ1) is 12.6. The molecule has 1 atom stereocenters. The molecule has 3 rings (SSSR count). The smallest absolute Gasteiger partial charge is 0.222 e. The van der Waals surface area contributed by atoms with Crippen molar-refractivity contribution in [3.63, 3.8) is 0 Å². The van der Waals surface area contributed by atoms with E-state index in [2.05, 4.69) is 34.0 Å². The number of rotatable bonds is 7. The molecule has 1 saturated heterocycles. The molecule has 0 amide bonds. The molecule has 4 nitrogen and oxygen atoms in total. The first kappa shape index (κ1) is 18.8. The minimum Gasteiger partial charge on any atom is -0.352 e. The zero-order valence-electron chi connectivity index (χ0n) is 15.8. The van der Waals surface area contributed by atoms with Crippen LogP contribution in [0, 0.1) is 11.7 Å². The van der Waals surface area contributed by atoms with E-state index < -0.39 is 0 Å². The third-order valence-corrected chi connectivity index (χ3v) is 4.91. The van der Waals surface area contributed by atoms with Crippen LogP contribution in [-0.4, -0.2) is 34.0 Å². The fourth-order valence-corrected chi connectivity index (χ4v) is 3.62. The predicted octanol–water partition coefficient (Wildman–Crippen LogP) is 4.28. The average Bonchev–Trinajstić information content (AvgIpc) is 2.63. The molecule has 0 saturated carbocycles. The molecular formula is C21H29FN4. The zero-order chi connectivity index (χ0) is 18.4. The van der Waals surface area contributed by atoms with Gasteiger partial charge >= 0.3 is 0 Å². The second-order valence-electron chi connectivity index (χ2n) is 7.59. The molecule has 1 N–H and O–H groups in total. The highest BCUT2D eigenvalue weighted by atomic mass is 19.1. The van der Waals surface area contributed by atoms with E-state index in [1.807, 2.05) is 24.5 Å². The van der Waals surface area contributed by atoms with Gasteiger partial charge in [0.15, 0.2) is 0 Å². The molecule has 140 valence electrons. The lowest BCUT2D eigenvalue weighted by Gasteiger charge is -2.32. The van der Waals surface area contributed by atoms with Crippen molar-refractivity contribution in [3.05, 3.63) is 53.6 Å². The Kier molecular flexibility index (Phi) is 6.56. The minimum absolute atomic E-state index is 0.0765. The summed E-state index contributed by atoms with van der Waals surface area (Å²) in [6.07, 6.45) is 8.14. The largest absolute Gasteiger partial charge is 0.352 e. The van der Waals surface area contributed by atoms with Crippen molar-refractivity contribution in [2.75, 3.05) is 18.4 Å². The summed E-state index contributed by atoms with van der Waals surface area (Å²) in [6.45, 7) is 7.22. The number of hydrogen-bond acceptors (Lipinski definition) is 4. The van der Waals surface area contributed by atoms with Crippen molar-refractivity contribution in [2.45, 2.75) is 52.1 Å². The number of nitrogens with one attached hydrogen (secondary N) is 1. The molecule has 0 bridgehead atoms. The molecule has 1 aliphatic heterocycles. The summed E-state index contributed by atoms with van der Waals surface area (Å²) in [5.74, 6) is 1.24. The molecule has 0 spiro atoms. The van der Waals surface area contributed by atoms with Gasteiger partial charge in [-0.1, -0.05) is 18.2 Å². The van der Waals surface area contributed by atoms with E-state index in [0.29, 0.717) is 17.9 Å². The molecule has 1 aliphatic rings. The summed E-state index contributed by atoms with van der Waals surface area (Å²) >= 11 is 0. The van der Waals surface area contributed by atoms with Crippen molar-refractivity contribution in [1.82, 2.24) is 14.9 Å². The van der Waals surface area contributed by atoms with Gasteiger partial charge in [-0.3, -0.25) is 4.90 Å². The predicted molar refractivity (Wildman–Crippen MR) is 104 cm³/mol. The van der Waals surface area contributed by atoms with Crippen molar-refractivity contribution < 1.29 is 4.39 Å². The monoisotopic (exact) mass is 356 g/mol. The van der Waals surface area contributed by atoms with Gasteiger partial charge in [-0.15, -0.1) is 0 Å². The Hall–Kier alpha value is -2.01. The lowest BCUT2D eigenvalue weighted by atomic mass is 9.91. The summed E-state index contributed by atoms with van der Waals surface area (Å²) < 4.78 is 13.8. The molecule has 5 heteroatoms. The number of likely N-dealkylation sites (tertiary alicyclic amines) is 1. The van der Waals surface area contributed by atoms with Crippen LogP contribution in [0.15, 0.2) is 36.7 Å². The lowest BCUT2D eigenvalue weighted by Crippen LogP contribution is -2.35. The van der Waals surface area contributed by atoms with E-state index in [1.165, 1.54) is 12.8 Å². The summed E-state index contributed by atoms with van der Waals surface area (Å²) in [4.78, 5) is 11.3. The van der Waals surface area contributed by atoms with Crippen LogP contribution in [0.5, 0.6) is 0 Å². The molecule has 2 heterocycles. The van der Waals surface area contributed by atoms with Crippen molar-refractivity contribution in [1.29, 1.82) is 0 Å². The number of aryl methyl sites for hydroxylation is 1. The van der Waals surface area contributed by atoms with Gasteiger partial charge in [0, 0.05) is 37.1 Å². The Morgan fingerprint density at radius 3 is 2.73 bits per heavy atom. The van der Waals surface area contributed by atoms with Crippen LogP contribution in [0.4, 0.5) is 10.3 Å². The highest BCUT2D eigenvalue weighted by Crippen LogP contribution is 2.23. The number of piperidine rings is 1. The van der Waals surface area contributed by atoms with Gasteiger partial charge in [-0.25, -0.2) is 14.4 Å². The van der Waals surface area contributed by atoms with E-state index in [0.717, 1.165) is 43.6 Å². The molecule has 0 radical (unpaired) electrons. The number of aromatic nitrogens is 2. The third kappa shape index (κ3) is 5.49. The fraction of sp³-hybridized carbons (Fsp3) is 0.524. The summed E-state index contributed by atoms with van der Waals surface area (Å²) in [7, 11) is 0. The van der Waals surface area contributed by atoms with E-state index in [4.69, 9.17) is 0 Å². The van der Waals surface area contributed by atoms with Crippen LogP contribution in [-0.2, 0) is 13.0 Å².